The van der Waals surface area contributed by atoms with Crippen LogP contribution in [0.1, 0.15) is 29.5 Å². The monoisotopic (exact) mass is 253 g/mol. The van der Waals surface area contributed by atoms with E-state index in [9.17, 15) is 0 Å². The van der Waals surface area contributed by atoms with E-state index in [0.717, 1.165) is 32.4 Å². The summed E-state index contributed by atoms with van der Waals surface area (Å²) in [5, 5.41) is 11.9. The van der Waals surface area contributed by atoms with E-state index in [2.05, 4.69) is 29.1 Å². The fraction of sp³-hybridized carbons (Fsp3) is 0.583. The number of thiophene rings is 1. The lowest BCUT2D eigenvalue weighted by molar-refractivity contribution is 0.276. The first-order valence-corrected chi connectivity index (χ1v) is 6.85. The second-order valence-corrected chi connectivity index (χ2v) is 5.63. The lowest BCUT2D eigenvalue weighted by atomic mass is 10.2. The minimum absolute atomic E-state index is 0.104. The molecule has 5 heteroatoms. The first-order valence-electron chi connectivity index (χ1n) is 6.03. The minimum atomic E-state index is 0.104. The van der Waals surface area contributed by atoms with Gasteiger partial charge in [-0.3, -0.25) is 4.90 Å². The lowest BCUT2D eigenvalue weighted by Crippen LogP contribution is -2.39. The molecule has 0 saturated carbocycles. The summed E-state index contributed by atoms with van der Waals surface area (Å²) in [7, 11) is 0. The van der Waals surface area contributed by atoms with Gasteiger partial charge in [0.25, 0.3) is 0 Å². The number of hydrogen-bond donors (Lipinski definition) is 2. The van der Waals surface area contributed by atoms with E-state index in [4.69, 9.17) is 10.9 Å². The van der Waals surface area contributed by atoms with Gasteiger partial charge in [0.05, 0.1) is 6.04 Å². The molecule has 0 aliphatic carbocycles. The molecule has 2 heterocycles. The highest BCUT2D eigenvalue weighted by Crippen LogP contribution is 2.24. The van der Waals surface area contributed by atoms with Crippen molar-refractivity contribution in [3.05, 3.63) is 21.9 Å². The van der Waals surface area contributed by atoms with Gasteiger partial charge in [-0.15, -0.1) is 11.3 Å². The van der Waals surface area contributed by atoms with Gasteiger partial charge in [-0.2, -0.15) is 0 Å². The van der Waals surface area contributed by atoms with Crippen LogP contribution < -0.4 is 5.73 Å². The zero-order valence-electron chi connectivity index (χ0n) is 10.1. The van der Waals surface area contributed by atoms with Crippen LogP contribution in [0.3, 0.4) is 0 Å². The average Bonchev–Trinajstić information content (AvgIpc) is 2.97. The Kier molecular flexibility index (Phi) is 4.02. The molecule has 0 radical (unpaired) electrons. The largest absolute Gasteiger partial charge is 0.409 e. The Morgan fingerprint density at radius 3 is 3.00 bits per heavy atom. The highest BCUT2D eigenvalue weighted by Gasteiger charge is 2.28. The van der Waals surface area contributed by atoms with E-state index < -0.39 is 0 Å². The SMILES string of the molecule is CCc1ccc(CN2CCCC2C(N)=NO)s1. The van der Waals surface area contributed by atoms with E-state index in [-0.39, 0.29) is 6.04 Å². The third-order valence-electron chi connectivity index (χ3n) is 3.25. The molecule has 0 spiro atoms. The van der Waals surface area contributed by atoms with Crippen LogP contribution in [0.25, 0.3) is 0 Å². The maximum absolute atomic E-state index is 8.76. The van der Waals surface area contributed by atoms with Crippen LogP contribution in [-0.2, 0) is 13.0 Å². The molecule has 1 fully saturated rings. The summed E-state index contributed by atoms with van der Waals surface area (Å²) in [6, 6.07) is 4.48. The van der Waals surface area contributed by atoms with Gasteiger partial charge in [0.1, 0.15) is 0 Å². The van der Waals surface area contributed by atoms with E-state index in [1.54, 1.807) is 0 Å². The predicted molar refractivity (Wildman–Crippen MR) is 70.5 cm³/mol. The molecular weight excluding hydrogens is 234 g/mol. The number of hydrogen-bond acceptors (Lipinski definition) is 4. The summed E-state index contributed by atoms with van der Waals surface area (Å²) >= 11 is 1.86. The van der Waals surface area contributed by atoms with Crippen LogP contribution in [0.4, 0.5) is 0 Å². The maximum atomic E-state index is 8.76. The minimum Gasteiger partial charge on any atom is -0.409 e. The molecular formula is C12H19N3OS. The third kappa shape index (κ3) is 2.79. The van der Waals surface area contributed by atoms with Crippen LogP contribution in [0, 0.1) is 0 Å². The van der Waals surface area contributed by atoms with Crippen molar-refractivity contribution < 1.29 is 5.21 Å². The van der Waals surface area contributed by atoms with Gasteiger partial charge < -0.3 is 10.9 Å². The van der Waals surface area contributed by atoms with Gasteiger partial charge in [-0.05, 0) is 37.9 Å². The Hall–Kier alpha value is -1.07. The van der Waals surface area contributed by atoms with Gasteiger partial charge >= 0.3 is 0 Å². The molecule has 0 bridgehead atoms. The van der Waals surface area contributed by atoms with E-state index in [0.29, 0.717) is 5.84 Å². The van der Waals surface area contributed by atoms with E-state index in [1.807, 2.05) is 11.3 Å². The highest BCUT2D eigenvalue weighted by atomic mass is 32.1. The number of nitrogens with zero attached hydrogens (tertiary/aromatic N) is 2. The molecule has 94 valence electrons. The van der Waals surface area contributed by atoms with Gasteiger partial charge in [0.15, 0.2) is 5.84 Å². The predicted octanol–water partition coefficient (Wildman–Crippen LogP) is 2.02. The number of aryl methyl sites for hydroxylation is 1. The Bertz CT molecular complexity index is 402. The molecule has 1 aliphatic rings. The van der Waals surface area contributed by atoms with Gasteiger partial charge in [-0.25, -0.2) is 0 Å². The molecule has 1 unspecified atom stereocenters. The molecule has 1 aromatic rings. The van der Waals surface area contributed by atoms with Gasteiger partial charge in [0, 0.05) is 16.3 Å². The summed E-state index contributed by atoms with van der Waals surface area (Å²) in [5.41, 5.74) is 5.72. The molecule has 3 N–H and O–H groups in total. The molecule has 1 atom stereocenters. The molecule has 2 rings (SSSR count). The normalized spacial score (nSPS) is 22.2. The number of nitrogens with two attached hydrogens (primary N) is 1. The number of rotatable bonds is 4. The maximum Gasteiger partial charge on any atom is 0.156 e. The summed E-state index contributed by atoms with van der Waals surface area (Å²) in [4.78, 5) is 5.07. The van der Waals surface area contributed by atoms with Crippen molar-refractivity contribution in [2.24, 2.45) is 10.9 Å². The van der Waals surface area contributed by atoms with Crippen LogP contribution in [-0.4, -0.2) is 28.5 Å². The molecule has 1 aromatic heterocycles. The van der Waals surface area contributed by atoms with Crippen LogP contribution in [0.2, 0.25) is 0 Å². The summed E-state index contributed by atoms with van der Waals surface area (Å²) in [5.74, 6) is 0.342. The third-order valence-corrected chi connectivity index (χ3v) is 4.46. The fourth-order valence-corrected chi connectivity index (χ4v) is 3.30. The van der Waals surface area contributed by atoms with E-state index >= 15 is 0 Å². The van der Waals surface area contributed by atoms with Gasteiger partial charge in [0.2, 0.25) is 0 Å². The zero-order valence-corrected chi connectivity index (χ0v) is 10.9. The van der Waals surface area contributed by atoms with Crippen molar-refractivity contribution >= 4 is 17.2 Å². The number of likely N-dealkylation sites (tertiary alicyclic amines) is 1. The standard InChI is InChI=1S/C12H19N3OS/c1-2-9-5-6-10(17-9)8-15-7-3-4-11(15)12(13)14-16/h5-6,11,16H,2-4,7-8H2,1H3,(H2,13,14). The van der Waals surface area contributed by atoms with Crippen molar-refractivity contribution in [1.29, 1.82) is 0 Å². The summed E-state index contributed by atoms with van der Waals surface area (Å²) < 4.78 is 0. The average molecular weight is 253 g/mol. The van der Waals surface area contributed by atoms with Crippen molar-refractivity contribution in [2.45, 2.75) is 38.8 Å². The highest BCUT2D eigenvalue weighted by molar-refractivity contribution is 7.11. The van der Waals surface area contributed by atoms with Crippen molar-refractivity contribution in [1.82, 2.24) is 4.90 Å². The number of oxime groups is 1. The summed E-state index contributed by atoms with van der Waals surface area (Å²) in [6.45, 7) is 4.11. The lowest BCUT2D eigenvalue weighted by Gasteiger charge is -2.22. The molecule has 17 heavy (non-hydrogen) atoms. The fourth-order valence-electron chi connectivity index (χ4n) is 2.31. The topological polar surface area (TPSA) is 61.8 Å². The zero-order chi connectivity index (χ0) is 12.3. The van der Waals surface area contributed by atoms with Gasteiger partial charge in [-0.1, -0.05) is 12.1 Å². The number of amidine groups is 1. The smallest absolute Gasteiger partial charge is 0.156 e. The summed E-state index contributed by atoms with van der Waals surface area (Å²) in [6.07, 6.45) is 3.20. The molecule has 1 saturated heterocycles. The second-order valence-electron chi connectivity index (χ2n) is 4.37. The van der Waals surface area contributed by atoms with Crippen molar-refractivity contribution in [3.63, 3.8) is 0 Å². The van der Waals surface area contributed by atoms with Crippen LogP contribution >= 0.6 is 11.3 Å². The van der Waals surface area contributed by atoms with E-state index in [1.165, 1.54) is 9.75 Å². The first-order chi connectivity index (χ1) is 8.24. The Morgan fingerprint density at radius 1 is 1.59 bits per heavy atom. The quantitative estimate of drug-likeness (QED) is 0.373. The molecule has 0 aromatic carbocycles. The Balaban J connectivity index is 2.02. The van der Waals surface area contributed by atoms with Crippen LogP contribution in [0.15, 0.2) is 17.3 Å². The Morgan fingerprint density at radius 2 is 2.35 bits per heavy atom. The molecule has 4 nitrogen and oxygen atoms in total. The molecule has 0 amide bonds. The van der Waals surface area contributed by atoms with Crippen molar-refractivity contribution in [3.8, 4) is 0 Å². The van der Waals surface area contributed by atoms with Crippen molar-refractivity contribution in [2.75, 3.05) is 6.54 Å². The van der Waals surface area contributed by atoms with Crippen LogP contribution in [0.5, 0.6) is 0 Å². The first kappa shape index (κ1) is 12.4. The Labute approximate surface area is 106 Å². The molecule has 1 aliphatic heterocycles. The second kappa shape index (κ2) is 5.51.